The van der Waals surface area contributed by atoms with E-state index in [1.54, 1.807) is 0 Å². The SMILES string of the molecule is CP(C)(=O)c1cccc(-c2cccc(-c3cc(-c4ccc(-c5c6ccccc6cc6c5ccc5ccccc56)c5ccccc45)nc(-c4ccccc4)n3)c2)c1. The molecule has 10 aromatic rings. The van der Waals surface area contributed by atoms with E-state index < -0.39 is 7.14 Å². The van der Waals surface area contributed by atoms with Crippen LogP contribution in [-0.4, -0.2) is 23.3 Å². The number of fused-ring (bicyclic) bond motifs is 5. The third-order valence-electron chi connectivity index (χ3n) is 11.0. The Bertz CT molecular complexity index is 3200. The molecule has 0 atom stereocenters. The molecule has 0 spiro atoms. The number of hydrogen-bond acceptors (Lipinski definition) is 3. The molecule has 0 saturated carbocycles. The molecule has 0 aliphatic carbocycles. The van der Waals surface area contributed by atoms with Gasteiger partial charge in [-0.2, -0.15) is 0 Å². The Hall–Kier alpha value is -6.67. The van der Waals surface area contributed by atoms with Crippen molar-refractivity contribution in [1.29, 1.82) is 0 Å². The topological polar surface area (TPSA) is 42.9 Å². The highest BCUT2D eigenvalue weighted by Gasteiger charge is 2.19. The highest BCUT2D eigenvalue weighted by atomic mass is 31.2. The van der Waals surface area contributed by atoms with Crippen LogP contribution in [0.5, 0.6) is 0 Å². The van der Waals surface area contributed by atoms with Gasteiger partial charge in [-0.15, -0.1) is 0 Å². The maximum absolute atomic E-state index is 13.0. The van der Waals surface area contributed by atoms with E-state index in [0.717, 1.165) is 49.9 Å². The quantitative estimate of drug-likeness (QED) is 0.0970. The molecule has 0 fully saturated rings. The molecule has 0 N–H and O–H groups in total. The summed E-state index contributed by atoms with van der Waals surface area (Å²) in [4.78, 5) is 10.4. The van der Waals surface area contributed by atoms with Gasteiger partial charge in [0, 0.05) is 22.0 Å². The summed E-state index contributed by atoms with van der Waals surface area (Å²) in [5, 5.41) is 10.6. The predicted octanol–water partition coefficient (Wildman–Crippen LogP) is 13.7. The van der Waals surface area contributed by atoms with Crippen LogP contribution in [-0.2, 0) is 4.57 Å². The van der Waals surface area contributed by atoms with E-state index in [4.69, 9.17) is 9.97 Å². The molecule has 1 heterocycles. The molecular formula is C52H37N2OP. The zero-order valence-electron chi connectivity index (χ0n) is 31.1. The molecule has 10 rings (SSSR count). The minimum Gasteiger partial charge on any atom is -0.319 e. The Morgan fingerprint density at radius 2 is 0.964 bits per heavy atom. The Morgan fingerprint density at radius 3 is 1.75 bits per heavy atom. The summed E-state index contributed by atoms with van der Waals surface area (Å²) in [5.74, 6) is 0.670. The smallest absolute Gasteiger partial charge is 0.160 e. The first-order valence-electron chi connectivity index (χ1n) is 19.0. The van der Waals surface area contributed by atoms with Crippen LogP contribution in [0.15, 0.2) is 188 Å². The van der Waals surface area contributed by atoms with Crippen molar-refractivity contribution in [3.8, 4) is 56.2 Å². The van der Waals surface area contributed by atoms with E-state index in [2.05, 4.69) is 158 Å². The van der Waals surface area contributed by atoms with Gasteiger partial charge in [-0.1, -0.05) is 164 Å². The zero-order chi connectivity index (χ0) is 37.8. The minimum atomic E-state index is -2.42. The van der Waals surface area contributed by atoms with Crippen LogP contribution in [0, 0.1) is 0 Å². The van der Waals surface area contributed by atoms with Crippen molar-refractivity contribution in [1.82, 2.24) is 9.97 Å². The zero-order valence-corrected chi connectivity index (χ0v) is 32.0. The Kier molecular flexibility index (Phi) is 8.20. The first kappa shape index (κ1) is 33.9. The van der Waals surface area contributed by atoms with Crippen LogP contribution in [0.2, 0.25) is 0 Å². The van der Waals surface area contributed by atoms with E-state index in [0.29, 0.717) is 5.82 Å². The lowest BCUT2D eigenvalue weighted by Crippen LogP contribution is -2.02. The second kappa shape index (κ2) is 13.6. The molecule has 56 heavy (non-hydrogen) atoms. The molecule has 0 amide bonds. The second-order valence-corrected chi connectivity index (χ2v) is 18.1. The first-order chi connectivity index (χ1) is 27.4. The van der Waals surface area contributed by atoms with Gasteiger partial charge in [-0.25, -0.2) is 9.97 Å². The fraction of sp³-hybridized carbons (Fsp3) is 0.0385. The van der Waals surface area contributed by atoms with Crippen LogP contribution in [0.4, 0.5) is 0 Å². The van der Waals surface area contributed by atoms with Gasteiger partial charge in [0.1, 0.15) is 7.14 Å². The number of rotatable bonds is 6. The van der Waals surface area contributed by atoms with Crippen molar-refractivity contribution in [3.05, 3.63) is 188 Å². The van der Waals surface area contributed by atoms with Crippen LogP contribution in [0.25, 0.3) is 99.2 Å². The van der Waals surface area contributed by atoms with Crippen molar-refractivity contribution >= 4 is 55.5 Å². The number of benzene rings is 9. The molecule has 0 aliphatic heterocycles. The van der Waals surface area contributed by atoms with E-state index in [1.165, 1.54) is 48.8 Å². The fourth-order valence-electron chi connectivity index (χ4n) is 8.18. The van der Waals surface area contributed by atoms with Crippen molar-refractivity contribution in [3.63, 3.8) is 0 Å². The van der Waals surface area contributed by atoms with E-state index in [9.17, 15) is 4.57 Å². The van der Waals surface area contributed by atoms with Gasteiger partial charge in [-0.3, -0.25) is 0 Å². The molecule has 266 valence electrons. The third-order valence-corrected chi connectivity index (χ3v) is 12.5. The van der Waals surface area contributed by atoms with Crippen molar-refractivity contribution in [2.24, 2.45) is 0 Å². The van der Waals surface area contributed by atoms with E-state index >= 15 is 0 Å². The third kappa shape index (κ3) is 5.98. The molecular weight excluding hydrogens is 700 g/mol. The van der Waals surface area contributed by atoms with Crippen LogP contribution >= 0.6 is 7.14 Å². The van der Waals surface area contributed by atoms with Crippen molar-refractivity contribution in [2.75, 3.05) is 13.3 Å². The van der Waals surface area contributed by atoms with Gasteiger partial charge < -0.3 is 4.57 Å². The maximum atomic E-state index is 13.0. The maximum Gasteiger partial charge on any atom is 0.160 e. The lowest BCUT2D eigenvalue weighted by atomic mass is 9.86. The summed E-state index contributed by atoms with van der Waals surface area (Å²) >= 11 is 0. The molecule has 1 aromatic heterocycles. The monoisotopic (exact) mass is 736 g/mol. The molecule has 9 aromatic carbocycles. The average molecular weight is 737 g/mol. The van der Waals surface area contributed by atoms with Gasteiger partial charge in [0.05, 0.1) is 11.4 Å². The van der Waals surface area contributed by atoms with Crippen LogP contribution < -0.4 is 5.30 Å². The van der Waals surface area contributed by atoms with E-state index in [-0.39, 0.29) is 0 Å². The molecule has 0 radical (unpaired) electrons. The normalized spacial score (nSPS) is 11.8. The highest BCUT2D eigenvalue weighted by Crippen LogP contribution is 2.44. The minimum absolute atomic E-state index is 0.670. The molecule has 0 aliphatic rings. The molecule has 0 bridgehead atoms. The Labute approximate surface area is 326 Å². The predicted molar refractivity (Wildman–Crippen MR) is 238 cm³/mol. The lowest BCUT2D eigenvalue weighted by molar-refractivity contribution is 0.588. The first-order valence-corrected chi connectivity index (χ1v) is 21.6. The van der Waals surface area contributed by atoms with Crippen LogP contribution in [0.3, 0.4) is 0 Å². The Balaban J connectivity index is 1.18. The summed E-state index contributed by atoms with van der Waals surface area (Å²) in [6, 6.07) is 66.4. The number of aromatic nitrogens is 2. The van der Waals surface area contributed by atoms with Gasteiger partial charge >= 0.3 is 0 Å². The van der Waals surface area contributed by atoms with Gasteiger partial charge in [0.25, 0.3) is 0 Å². The molecule has 3 nitrogen and oxygen atoms in total. The summed E-state index contributed by atoms with van der Waals surface area (Å²) in [6.45, 7) is 3.64. The van der Waals surface area contributed by atoms with Gasteiger partial charge in [0.15, 0.2) is 5.82 Å². The fourth-order valence-corrected chi connectivity index (χ4v) is 9.07. The lowest BCUT2D eigenvalue weighted by Gasteiger charge is -2.18. The summed E-state index contributed by atoms with van der Waals surface area (Å²) in [5.41, 5.74) is 9.19. The summed E-state index contributed by atoms with van der Waals surface area (Å²) < 4.78 is 13.0. The molecule has 0 saturated heterocycles. The van der Waals surface area contributed by atoms with Gasteiger partial charge in [0.2, 0.25) is 0 Å². The van der Waals surface area contributed by atoms with Crippen LogP contribution in [0.1, 0.15) is 0 Å². The van der Waals surface area contributed by atoms with E-state index in [1.807, 2.05) is 43.7 Å². The highest BCUT2D eigenvalue weighted by molar-refractivity contribution is 7.70. The average Bonchev–Trinajstić information content (AvgIpc) is 3.25. The van der Waals surface area contributed by atoms with Crippen molar-refractivity contribution < 1.29 is 4.57 Å². The number of hydrogen-bond donors (Lipinski definition) is 0. The molecule has 0 unspecified atom stereocenters. The summed E-state index contributed by atoms with van der Waals surface area (Å²) in [6.07, 6.45) is 0. The standard InChI is InChI=1S/C52H37N2OP/c1-56(2,55)40-21-13-19-37(31-40)36-18-12-20-39(30-36)49-33-50(54-52(53-49)35-15-4-3-5-16-35)45-28-29-46(44-25-11-10-24-43(44)45)51-42-23-9-7-17-38(42)32-48-41-22-8-6-14-34(41)26-27-47(48)51/h3-33H,1-2H3. The Morgan fingerprint density at radius 1 is 0.375 bits per heavy atom. The second-order valence-electron chi connectivity index (χ2n) is 14.9. The van der Waals surface area contributed by atoms with Crippen molar-refractivity contribution in [2.45, 2.75) is 0 Å². The molecule has 4 heteroatoms. The van der Waals surface area contributed by atoms with Gasteiger partial charge in [-0.05, 0) is 103 Å². The number of nitrogens with zero attached hydrogens (tertiary/aromatic N) is 2. The largest absolute Gasteiger partial charge is 0.319 e. The summed E-state index contributed by atoms with van der Waals surface area (Å²) in [7, 11) is -2.42.